The molecule has 1 aliphatic rings. The summed E-state index contributed by atoms with van der Waals surface area (Å²) in [6.07, 6.45) is 5.51. The van der Waals surface area contributed by atoms with Crippen molar-refractivity contribution in [2.24, 2.45) is 11.7 Å². The molecule has 0 aromatic heterocycles. The third-order valence-corrected chi connectivity index (χ3v) is 4.61. The van der Waals surface area contributed by atoms with Crippen LogP contribution in [0.1, 0.15) is 37.7 Å². The number of methoxy groups -OCH3 is 1. The van der Waals surface area contributed by atoms with Crippen LogP contribution < -0.4 is 11.1 Å². The molecule has 4 N–H and O–H groups in total. The van der Waals surface area contributed by atoms with E-state index in [0.29, 0.717) is 0 Å². The Morgan fingerprint density at radius 1 is 1.33 bits per heavy atom. The molecule has 132 valence electrons. The molecule has 0 spiro atoms. The van der Waals surface area contributed by atoms with E-state index < -0.39 is 18.1 Å². The first-order valence-corrected chi connectivity index (χ1v) is 8.43. The first-order chi connectivity index (χ1) is 11.5. The Hall–Kier alpha value is -2.08. The van der Waals surface area contributed by atoms with Crippen molar-refractivity contribution in [3.8, 4) is 5.75 Å². The third-order valence-electron chi connectivity index (χ3n) is 4.61. The van der Waals surface area contributed by atoms with Crippen LogP contribution in [0.2, 0.25) is 0 Å². The number of phenols is 1. The molecule has 2 atom stereocenters. The normalized spacial score (nSPS) is 17.8. The third kappa shape index (κ3) is 4.96. The number of aromatic hydroxyl groups is 1. The molecule has 0 saturated heterocycles. The number of carbonyl (C=O) groups excluding carboxylic acids is 2. The fraction of sp³-hybridized carbons (Fsp3) is 0.556. The summed E-state index contributed by atoms with van der Waals surface area (Å²) in [6, 6.07) is 5.15. The molecule has 0 radical (unpaired) electrons. The highest BCUT2D eigenvalue weighted by atomic mass is 16.5. The maximum atomic E-state index is 12.4. The standard InChI is InChI=1S/C18H26N2O4/c1-24-18(23)15(11-12-6-5-9-14(21)10-12)20-17(22)16(19)13-7-3-2-4-8-13/h5-6,9-10,13,15-16,21H,2-4,7-8,11,19H2,1H3,(H,20,22). The minimum Gasteiger partial charge on any atom is -0.508 e. The Morgan fingerprint density at radius 3 is 2.67 bits per heavy atom. The van der Waals surface area contributed by atoms with E-state index in [9.17, 15) is 14.7 Å². The molecule has 1 saturated carbocycles. The van der Waals surface area contributed by atoms with Crippen molar-refractivity contribution in [1.29, 1.82) is 0 Å². The zero-order valence-electron chi connectivity index (χ0n) is 14.0. The maximum Gasteiger partial charge on any atom is 0.328 e. The molecule has 2 rings (SSSR count). The van der Waals surface area contributed by atoms with Gasteiger partial charge in [0.05, 0.1) is 13.2 Å². The maximum absolute atomic E-state index is 12.4. The molecule has 24 heavy (non-hydrogen) atoms. The van der Waals surface area contributed by atoms with Gasteiger partial charge in [0.15, 0.2) is 0 Å². The molecule has 1 aromatic rings. The lowest BCUT2D eigenvalue weighted by atomic mass is 9.84. The number of esters is 1. The van der Waals surface area contributed by atoms with E-state index in [4.69, 9.17) is 10.5 Å². The minimum absolute atomic E-state index is 0.112. The van der Waals surface area contributed by atoms with E-state index >= 15 is 0 Å². The lowest BCUT2D eigenvalue weighted by molar-refractivity contribution is -0.145. The van der Waals surface area contributed by atoms with Crippen molar-refractivity contribution in [3.63, 3.8) is 0 Å². The Labute approximate surface area is 142 Å². The molecule has 6 heteroatoms. The Balaban J connectivity index is 2.02. The highest BCUT2D eigenvalue weighted by Gasteiger charge is 2.30. The summed E-state index contributed by atoms with van der Waals surface area (Å²) in [5.74, 6) is -0.570. The van der Waals surface area contributed by atoms with Gasteiger partial charge in [-0.15, -0.1) is 0 Å². The second kappa shape index (κ2) is 8.68. The average Bonchev–Trinajstić information content (AvgIpc) is 2.60. The van der Waals surface area contributed by atoms with Gasteiger partial charge in [-0.2, -0.15) is 0 Å². The summed E-state index contributed by atoms with van der Waals surface area (Å²) in [7, 11) is 1.28. The van der Waals surface area contributed by atoms with Gasteiger partial charge in [0.1, 0.15) is 11.8 Å². The summed E-state index contributed by atoms with van der Waals surface area (Å²) in [6.45, 7) is 0. The Morgan fingerprint density at radius 2 is 2.04 bits per heavy atom. The number of rotatable bonds is 6. The van der Waals surface area contributed by atoms with Crippen LogP contribution in [0.4, 0.5) is 0 Å². The van der Waals surface area contributed by atoms with Gasteiger partial charge >= 0.3 is 5.97 Å². The van der Waals surface area contributed by atoms with Crippen molar-refractivity contribution in [1.82, 2.24) is 5.32 Å². The van der Waals surface area contributed by atoms with Gasteiger partial charge in [-0.25, -0.2) is 4.79 Å². The second-order valence-corrected chi connectivity index (χ2v) is 6.38. The second-order valence-electron chi connectivity index (χ2n) is 6.38. The molecule has 1 aliphatic carbocycles. The van der Waals surface area contributed by atoms with Gasteiger partial charge < -0.3 is 20.9 Å². The van der Waals surface area contributed by atoms with Crippen LogP contribution >= 0.6 is 0 Å². The van der Waals surface area contributed by atoms with Crippen LogP contribution in [0.25, 0.3) is 0 Å². The lowest BCUT2D eigenvalue weighted by Crippen LogP contribution is -2.52. The van der Waals surface area contributed by atoms with Gasteiger partial charge in [-0.05, 0) is 36.5 Å². The highest BCUT2D eigenvalue weighted by Crippen LogP contribution is 2.25. The summed E-state index contributed by atoms with van der Waals surface area (Å²) in [4.78, 5) is 24.4. The van der Waals surface area contributed by atoms with Gasteiger partial charge in [-0.1, -0.05) is 31.4 Å². The Bertz CT molecular complexity index is 570. The van der Waals surface area contributed by atoms with Crippen LogP contribution in [0.15, 0.2) is 24.3 Å². The molecule has 1 aromatic carbocycles. The number of nitrogens with two attached hydrogens (primary N) is 1. The molecule has 0 bridgehead atoms. The summed E-state index contributed by atoms with van der Waals surface area (Å²) < 4.78 is 4.78. The van der Waals surface area contributed by atoms with E-state index in [0.717, 1.165) is 31.2 Å². The molecule has 0 aliphatic heterocycles. The molecule has 2 unspecified atom stereocenters. The topological polar surface area (TPSA) is 102 Å². The number of benzene rings is 1. The van der Waals surface area contributed by atoms with Crippen molar-refractivity contribution >= 4 is 11.9 Å². The van der Waals surface area contributed by atoms with Crippen LogP contribution in [-0.2, 0) is 20.7 Å². The van der Waals surface area contributed by atoms with E-state index in [1.807, 2.05) is 0 Å². The first kappa shape index (κ1) is 18.3. The summed E-state index contributed by atoms with van der Waals surface area (Å²) in [5.41, 5.74) is 6.83. The van der Waals surface area contributed by atoms with Crippen LogP contribution in [-0.4, -0.2) is 36.2 Å². The molecule has 1 fully saturated rings. The minimum atomic E-state index is -0.820. The predicted molar refractivity (Wildman–Crippen MR) is 90.3 cm³/mol. The first-order valence-electron chi connectivity index (χ1n) is 8.43. The van der Waals surface area contributed by atoms with Crippen molar-refractivity contribution in [3.05, 3.63) is 29.8 Å². The average molecular weight is 334 g/mol. The Kier molecular flexibility index (Phi) is 6.61. The number of ether oxygens (including phenoxy) is 1. The molecule has 6 nitrogen and oxygen atoms in total. The molecule has 1 amide bonds. The monoisotopic (exact) mass is 334 g/mol. The van der Waals surface area contributed by atoms with Crippen molar-refractivity contribution in [2.45, 2.75) is 50.6 Å². The zero-order chi connectivity index (χ0) is 17.5. The van der Waals surface area contributed by atoms with Crippen LogP contribution in [0.5, 0.6) is 5.75 Å². The number of nitrogens with one attached hydrogen (secondary N) is 1. The number of amides is 1. The highest BCUT2D eigenvalue weighted by molar-refractivity contribution is 5.87. The molecular formula is C18H26N2O4. The lowest BCUT2D eigenvalue weighted by Gasteiger charge is -2.28. The van der Waals surface area contributed by atoms with Crippen molar-refractivity contribution < 1.29 is 19.4 Å². The van der Waals surface area contributed by atoms with E-state index in [1.54, 1.807) is 24.3 Å². The van der Waals surface area contributed by atoms with Crippen molar-refractivity contribution in [2.75, 3.05) is 7.11 Å². The van der Waals surface area contributed by atoms with Gasteiger partial charge in [0.2, 0.25) is 5.91 Å². The fourth-order valence-electron chi connectivity index (χ4n) is 3.23. The molecular weight excluding hydrogens is 308 g/mol. The van der Waals surface area contributed by atoms with Crippen LogP contribution in [0, 0.1) is 5.92 Å². The van der Waals surface area contributed by atoms with E-state index in [2.05, 4.69) is 5.32 Å². The van der Waals surface area contributed by atoms with E-state index in [-0.39, 0.29) is 24.0 Å². The number of phenolic OH excluding ortho intramolecular Hbond substituents is 1. The van der Waals surface area contributed by atoms with Gasteiger partial charge in [0.25, 0.3) is 0 Å². The summed E-state index contributed by atoms with van der Waals surface area (Å²) in [5, 5.41) is 12.3. The SMILES string of the molecule is COC(=O)C(Cc1cccc(O)c1)NC(=O)C(N)C1CCCCC1. The van der Waals surface area contributed by atoms with Gasteiger partial charge in [-0.3, -0.25) is 4.79 Å². The summed E-state index contributed by atoms with van der Waals surface area (Å²) >= 11 is 0. The zero-order valence-corrected chi connectivity index (χ0v) is 14.0. The largest absolute Gasteiger partial charge is 0.508 e. The number of carbonyl (C=O) groups is 2. The smallest absolute Gasteiger partial charge is 0.328 e. The van der Waals surface area contributed by atoms with Gasteiger partial charge in [0, 0.05) is 6.42 Å². The quantitative estimate of drug-likeness (QED) is 0.684. The number of hydrogen-bond acceptors (Lipinski definition) is 5. The fourth-order valence-corrected chi connectivity index (χ4v) is 3.23. The predicted octanol–water partition coefficient (Wildman–Crippen LogP) is 1.50. The van der Waals surface area contributed by atoms with Crippen LogP contribution in [0.3, 0.4) is 0 Å². The number of hydrogen-bond donors (Lipinski definition) is 3. The molecule has 0 heterocycles. The van der Waals surface area contributed by atoms with E-state index in [1.165, 1.54) is 13.5 Å².